The number of hydrogen-bond acceptors (Lipinski definition) is 9. The van der Waals surface area contributed by atoms with E-state index in [1.54, 1.807) is 34.6 Å². The number of hydrogen-bond donors (Lipinski definition) is 3. The molecular formula is C17H30N2O8. The number of carboxylic acid groups (broad SMARTS) is 1. The number of carboxylic acids is 1. The van der Waals surface area contributed by atoms with Crippen LogP contribution in [0, 0.1) is 11.8 Å². The second kappa shape index (κ2) is 11.5. The number of aliphatic carboxylic acids is 1. The molecule has 0 radical (unpaired) electrons. The maximum Gasteiger partial charge on any atom is 0.349 e. The van der Waals surface area contributed by atoms with Gasteiger partial charge in [-0.1, -0.05) is 27.7 Å². The highest BCUT2D eigenvalue weighted by Gasteiger charge is 2.39. The van der Waals surface area contributed by atoms with E-state index in [9.17, 15) is 24.3 Å². The van der Waals surface area contributed by atoms with Crippen molar-refractivity contribution in [3.8, 4) is 0 Å². The van der Waals surface area contributed by atoms with Crippen LogP contribution in [0.15, 0.2) is 0 Å². The summed E-state index contributed by atoms with van der Waals surface area (Å²) in [5.74, 6) is -4.93. The van der Waals surface area contributed by atoms with Crippen LogP contribution in [-0.2, 0) is 33.4 Å². The standard InChI is InChI=1S/C17H30N2O8/c1-6-25-11(20)7-10(26-16(23)12(18)8(2)3)14(15(21)22)27-17(24)13(19)9(4)5/h8-10,12-14H,6-7,18-19H2,1-5H3,(H,21,22). The van der Waals surface area contributed by atoms with Crippen molar-refractivity contribution in [2.75, 3.05) is 6.61 Å². The maximum atomic E-state index is 12.1. The highest BCUT2D eigenvalue weighted by Crippen LogP contribution is 2.15. The summed E-state index contributed by atoms with van der Waals surface area (Å²) in [5, 5.41) is 9.42. The Kier molecular flexibility index (Phi) is 10.6. The Morgan fingerprint density at radius 2 is 1.33 bits per heavy atom. The van der Waals surface area contributed by atoms with Gasteiger partial charge in [-0.2, -0.15) is 0 Å². The van der Waals surface area contributed by atoms with Crippen molar-refractivity contribution in [3.63, 3.8) is 0 Å². The third-order valence-corrected chi connectivity index (χ3v) is 3.75. The molecule has 10 heteroatoms. The molecule has 4 atom stereocenters. The first-order valence-electron chi connectivity index (χ1n) is 8.72. The van der Waals surface area contributed by atoms with Gasteiger partial charge < -0.3 is 30.8 Å². The maximum absolute atomic E-state index is 12.1. The monoisotopic (exact) mass is 390 g/mol. The Bertz CT molecular complexity index is 535. The summed E-state index contributed by atoms with van der Waals surface area (Å²) in [6.07, 6.45) is -4.16. The van der Waals surface area contributed by atoms with Gasteiger partial charge in [0.2, 0.25) is 6.10 Å². The molecule has 0 rings (SSSR count). The van der Waals surface area contributed by atoms with Crippen LogP contribution in [0.25, 0.3) is 0 Å². The predicted octanol–water partition coefficient (Wildman–Crippen LogP) is -0.186. The molecule has 156 valence electrons. The van der Waals surface area contributed by atoms with Crippen LogP contribution in [0.3, 0.4) is 0 Å². The van der Waals surface area contributed by atoms with Crippen molar-refractivity contribution in [1.29, 1.82) is 0 Å². The van der Waals surface area contributed by atoms with Crippen LogP contribution in [0.1, 0.15) is 41.0 Å². The summed E-state index contributed by atoms with van der Waals surface area (Å²) in [6.45, 7) is 8.24. The molecule has 0 fully saturated rings. The van der Waals surface area contributed by atoms with Gasteiger partial charge in [-0.3, -0.25) is 14.4 Å². The Balaban J connectivity index is 5.53. The van der Waals surface area contributed by atoms with Crippen molar-refractivity contribution in [3.05, 3.63) is 0 Å². The number of rotatable bonds is 11. The molecule has 0 aromatic heterocycles. The van der Waals surface area contributed by atoms with Crippen molar-refractivity contribution in [1.82, 2.24) is 0 Å². The lowest BCUT2D eigenvalue weighted by Crippen LogP contribution is -2.49. The van der Waals surface area contributed by atoms with Crippen molar-refractivity contribution in [2.45, 2.75) is 65.3 Å². The quantitative estimate of drug-likeness (QED) is 0.317. The fraction of sp³-hybridized carbons (Fsp3) is 0.765. The lowest BCUT2D eigenvalue weighted by atomic mass is 10.0. The zero-order chi connectivity index (χ0) is 21.3. The molecule has 0 bridgehead atoms. The average molecular weight is 390 g/mol. The van der Waals surface area contributed by atoms with E-state index in [2.05, 4.69) is 0 Å². The van der Waals surface area contributed by atoms with Crippen LogP contribution < -0.4 is 11.5 Å². The molecule has 0 amide bonds. The Morgan fingerprint density at radius 1 is 0.889 bits per heavy atom. The number of nitrogens with two attached hydrogens (primary N) is 2. The average Bonchev–Trinajstić information content (AvgIpc) is 2.56. The number of ether oxygens (including phenoxy) is 3. The van der Waals surface area contributed by atoms with Crippen molar-refractivity contribution < 1.29 is 38.5 Å². The van der Waals surface area contributed by atoms with Gasteiger partial charge in [-0.15, -0.1) is 0 Å². The summed E-state index contributed by atoms with van der Waals surface area (Å²) >= 11 is 0. The van der Waals surface area contributed by atoms with E-state index in [0.717, 1.165) is 0 Å². The first kappa shape index (κ1) is 24.8. The number of carbonyl (C=O) groups is 4. The first-order valence-corrected chi connectivity index (χ1v) is 8.72. The molecule has 0 saturated heterocycles. The summed E-state index contributed by atoms with van der Waals surface area (Å²) in [7, 11) is 0. The van der Waals surface area contributed by atoms with Gasteiger partial charge in [0.15, 0.2) is 6.10 Å². The molecule has 0 aliphatic heterocycles. The minimum atomic E-state index is -1.94. The summed E-state index contributed by atoms with van der Waals surface area (Å²) < 4.78 is 14.8. The molecule has 0 aliphatic carbocycles. The van der Waals surface area contributed by atoms with Crippen LogP contribution in [-0.4, -0.2) is 59.9 Å². The van der Waals surface area contributed by atoms with Gasteiger partial charge >= 0.3 is 23.9 Å². The SMILES string of the molecule is CCOC(=O)CC(OC(=O)C(N)C(C)C)C(OC(=O)C(N)C(C)C)C(=O)O. The van der Waals surface area contributed by atoms with Gasteiger partial charge in [0, 0.05) is 0 Å². The molecule has 5 N–H and O–H groups in total. The molecule has 0 spiro atoms. The van der Waals surface area contributed by atoms with Crippen LogP contribution in [0.5, 0.6) is 0 Å². The molecule has 4 unspecified atom stereocenters. The predicted molar refractivity (Wildman–Crippen MR) is 94.3 cm³/mol. The Hall–Kier alpha value is -2.20. The summed E-state index contributed by atoms with van der Waals surface area (Å²) in [6, 6.07) is -2.12. The van der Waals surface area contributed by atoms with Crippen LogP contribution in [0.4, 0.5) is 0 Å². The molecule has 0 aliphatic rings. The van der Waals surface area contributed by atoms with E-state index in [4.69, 9.17) is 25.7 Å². The van der Waals surface area contributed by atoms with E-state index in [-0.39, 0.29) is 18.4 Å². The van der Waals surface area contributed by atoms with E-state index < -0.39 is 54.6 Å². The van der Waals surface area contributed by atoms with Gasteiger partial charge in [-0.25, -0.2) is 4.79 Å². The van der Waals surface area contributed by atoms with Gasteiger partial charge in [0.1, 0.15) is 12.1 Å². The fourth-order valence-electron chi connectivity index (χ4n) is 1.86. The van der Waals surface area contributed by atoms with Gasteiger partial charge in [-0.05, 0) is 18.8 Å². The zero-order valence-electron chi connectivity index (χ0n) is 16.3. The molecule has 0 saturated carbocycles. The lowest BCUT2D eigenvalue weighted by Gasteiger charge is -2.26. The first-order chi connectivity index (χ1) is 12.4. The van der Waals surface area contributed by atoms with Gasteiger partial charge in [0.05, 0.1) is 13.0 Å². The van der Waals surface area contributed by atoms with E-state index >= 15 is 0 Å². The van der Waals surface area contributed by atoms with Crippen molar-refractivity contribution in [2.24, 2.45) is 23.3 Å². The van der Waals surface area contributed by atoms with Crippen LogP contribution >= 0.6 is 0 Å². The minimum absolute atomic E-state index is 0.0424. The molecule has 10 nitrogen and oxygen atoms in total. The van der Waals surface area contributed by atoms with Crippen LogP contribution in [0.2, 0.25) is 0 Å². The van der Waals surface area contributed by atoms with E-state index in [1.807, 2.05) is 0 Å². The molecule has 0 aromatic rings. The number of carbonyl (C=O) groups excluding carboxylic acids is 3. The second-order valence-corrected chi connectivity index (χ2v) is 6.72. The van der Waals surface area contributed by atoms with E-state index in [0.29, 0.717) is 0 Å². The highest BCUT2D eigenvalue weighted by atomic mass is 16.6. The molecule has 0 heterocycles. The third kappa shape index (κ3) is 8.35. The zero-order valence-corrected chi connectivity index (χ0v) is 16.3. The summed E-state index contributed by atoms with van der Waals surface area (Å²) in [4.78, 5) is 47.6. The highest BCUT2D eigenvalue weighted by molar-refractivity contribution is 5.83. The molecule has 0 aromatic carbocycles. The van der Waals surface area contributed by atoms with Gasteiger partial charge in [0.25, 0.3) is 0 Å². The lowest BCUT2D eigenvalue weighted by molar-refractivity contribution is -0.183. The number of esters is 3. The molecule has 27 heavy (non-hydrogen) atoms. The van der Waals surface area contributed by atoms with Crippen molar-refractivity contribution >= 4 is 23.9 Å². The molecular weight excluding hydrogens is 360 g/mol. The normalized spacial score (nSPS) is 15.6. The third-order valence-electron chi connectivity index (χ3n) is 3.75. The minimum Gasteiger partial charge on any atom is -0.478 e. The smallest absolute Gasteiger partial charge is 0.349 e. The summed E-state index contributed by atoms with van der Waals surface area (Å²) in [5.41, 5.74) is 11.4. The largest absolute Gasteiger partial charge is 0.478 e. The fourth-order valence-corrected chi connectivity index (χ4v) is 1.86. The van der Waals surface area contributed by atoms with E-state index in [1.165, 1.54) is 0 Å². The second-order valence-electron chi connectivity index (χ2n) is 6.72. The Labute approximate surface area is 158 Å². The Morgan fingerprint density at radius 3 is 1.70 bits per heavy atom. The topological polar surface area (TPSA) is 168 Å².